The van der Waals surface area contributed by atoms with Crippen LogP contribution in [-0.2, 0) is 22.4 Å². The van der Waals surface area contributed by atoms with Crippen molar-refractivity contribution in [1.29, 1.82) is 0 Å². The van der Waals surface area contributed by atoms with E-state index >= 15 is 0 Å². The highest BCUT2D eigenvalue weighted by Gasteiger charge is 1.98. The van der Waals surface area contributed by atoms with Gasteiger partial charge in [-0.25, -0.2) is 0 Å². The molecule has 13 heavy (non-hydrogen) atoms. The molecule has 1 rings (SSSR count). The van der Waals surface area contributed by atoms with E-state index in [-0.39, 0.29) is 5.78 Å². The molecule has 0 atom stereocenters. The van der Waals surface area contributed by atoms with E-state index in [9.17, 15) is 9.59 Å². The summed E-state index contributed by atoms with van der Waals surface area (Å²) in [5.41, 5.74) is 1.95. The first kappa shape index (κ1) is 9.65. The molecule has 68 valence electrons. The Morgan fingerprint density at radius 1 is 1.38 bits per heavy atom. The van der Waals surface area contributed by atoms with Crippen LogP contribution in [0.3, 0.4) is 0 Å². The van der Waals surface area contributed by atoms with E-state index in [2.05, 4.69) is 0 Å². The average Bonchev–Trinajstić information content (AvgIpc) is 2.04. The molecule has 0 spiro atoms. The lowest BCUT2D eigenvalue weighted by Gasteiger charge is -1.99. The van der Waals surface area contributed by atoms with Gasteiger partial charge < -0.3 is 4.79 Å². The highest BCUT2D eigenvalue weighted by atomic mass is 16.1. The minimum Gasteiger partial charge on any atom is -0.303 e. The molecule has 0 saturated heterocycles. The number of hydrogen-bond donors (Lipinski definition) is 0. The van der Waals surface area contributed by atoms with Crippen molar-refractivity contribution in [2.45, 2.75) is 19.8 Å². The second-order valence-electron chi connectivity index (χ2n) is 3.07. The summed E-state index contributed by atoms with van der Waals surface area (Å²) >= 11 is 0. The molecule has 0 unspecified atom stereocenters. The van der Waals surface area contributed by atoms with E-state index < -0.39 is 0 Å². The average molecular weight is 176 g/mol. The number of benzene rings is 1. The predicted molar refractivity (Wildman–Crippen MR) is 50.6 cm³/mol. The van der Waals surface area contributed by atoms with Crippen molar-refractivity contribution in [1.82, 2.24) is 0 Å². The van der Waals surface area contributed by atoms with Crippen LogP contribution in [0.2, 0.25) is 0 Å². The Kier molecular flexibility index (Phi) is 3.38. The van der Waals surface area contributed by atoms with Gasteiger partial charge in [-0.2, -0.15) is 0 Å². The topological polar surface area (TPSA) is 34.1 Å². The van der Waals surface area contributed by atoms with Gasteiger partial charge in [-0.15, -0.1) is 0 Å². The van der Waals surface area contributed by atoms with Crippen molar-refractivity contribution in [2.24, 2.45) is 0 Å². The Morgan fingerprint density at radius 2 is 2.08 bits per heavy atom. The third-order valence-electron chi connectivity index (χ3n) is 1.76. The van der Waals surface area contributed by atoms with E-state index in [1.54, 1.807) is 6.92 Å². The van der Waals surface area contributed by atoms with Gasteiger partial charge in [-0.1, -0.05) is 24.3 Å². The summed E-state index contributed by atoms with van der Waals surface area (Å²) in [6.07, 6.45) is 1.74. The monoisotopic (exact) mass is 176 g/mol. The zero-order valence-electron chi connectivity index (χ0n) is 7.62. The van der Waals surface area contributed by atoms with E-state index in [0.29, 0.717) is 12.8 Å². The van der Waals surface area contributed by atoms with Crippen molar-refractivity contribution in [3.63, 3.8) is 0 Å². The fourth-order valence-electron chi connectivity index (χ4n) is 1.25. The molecule has 1 aromatic carbocycles. The third kappa shape index (κ3) is 3.20. The number of Topliss-reactive ketones (excluding diaryl/α,β-unsaturated/α-hetero) is 1. The van der Waals surface area contributed by atoms with Gasteiger partial charge >= 0.3 is 0 Å². The second-order valence-corrected chi connectivity index (χ2v) is 3.07. The Labute approximate surface area is 77.6 Å². The van der Waals surface area contributed by atoms with Crippen LogP contribution in [0, 0.1) is 0 Å². The molecule has 0 bridgehead atoms. The van der Waals surface area contributed by atoms with Crippen LogP contribution in [0.15, 0.2) is 24.3 Å². The van der Waals surface area contributed by atoms with Crippen molar-refractivity contribution in [3.8, 4) is 0 Å². The second kappa shape index (κ2) is 4.55. The Hall–Kier alpha value is -1.44. The van der Waals surface area contributed by atoms with Gasteiger partial charge in [0.2, 0.25) is 0 Å². The molecular weight excluding hydrogens is 164 g/mol. The predicted octanol–water partition coefficient (Wildman–Crippen LogP) is 1.56. The van der Waals surface area contributed by atoms with Gasteiger partial charge in [0.25, 0.3) is 0 Å². The normalized spacial score (nSPS) is 9.62. The summed E-state index contributed by atoms with van der Waals surface area (Å²) in [6.45, 7) is 1.56. The van der Waals surface area contributed by atoms with Crippen LogP contribution in [-0.4, -0.2) is 12.1 Å². The van der Waals surface area contributed by atoms with Crippen LogP contribution < -0.4 is 0 Å². The highest BCUT2D eigenvalue weighted by molar-refractivity contribution is 5.78. The van der Waals surface area contributed by atoms with E-state index in [4.69, 9.17) is 0 Å². The van der Waals surface area contributed by atoms with Crippen LogP contribution in [0.5, 0.6) is 0 Å². The van der Waals surface area contributed by atoms with Gasteiger partial charge in [0, 0.05) is 12.8 Å². The minimum atomic E-state index is 0.142. The first-order valence-corrected chi connectivity index (χ1v) is 4.23. The lowest BCUT2D eigenvalue weighted by atomic mass is 10.1. The number of carbonyl (C=O) groups is 2. The molecule has 0 amide bonds. The van der Waals surface area contributed by atoms with E-state index in [0.717, 1.165) is 17.4 Å². The fourth-order valence-corrected chi connectivity index (χ4v) is 1.25. The lowest BCUT2D eigenvalue weighted by molar-refractivity contribution is -0.116. The quantitative estimate of drug-likeness (QED) is 0.652. The van der Waals surface area contributed by atoms with Crippen molar-refractivity contribution in [2.75, 3.05) is 0 Å². The van der Waals surface area contributed by atoms with Crippen molar-refractivity contribution < 1.29 is 9.59 Å². The number of ketones is 1. The smallest absolute Gasteiger partial charge is 0.134 e. The molecule has 0 aliphatic heterocycles. The van der Waals surface area contributed by atoms with Crippen LogP contribution in [0.1, 0.15) is 18.1 Å². The molecule has 2 heteroatoms. The van der Waals surface area contributed by atoms with Gasteiger partial charge in [-0.3, -0.25) is 4.79 Å². The van der Waals surface area contributed by atoms with Gasteiger partial charge in [0.15, 0.2) is 0 Å². The fraction of sp³-hybridized carbons (Fsp3) is 0.273. The Morgan fingerprint density at radius 3 is 2.69 bits per heavy atom. The molecule has 0 fully saturated rings. The number of aldehydes is 1. The number of rotatable bonds is 4. The molecular formula is C11H12O2. The van der Waals surface area contributed by atoms with E-state index in [1.165, 1.54) is 0 Å². The van der Waals surface area contributed by atoms with Gasteiger partial charge in [-0.05, 0) is 18.1 Å². The Bertz CT molecular complexity index is 316. The molecule has 1 aromatic rings. The van der Waals surface area contributed by atoms with Crippen LogP contribution in [0.4, 0.5) is 0 Å². The maximum Gasteiger partial charge on any atom is 0.134 e. The summed E-state index contributed by atoms with van der Waals surface area (Å²) in [5.74, 6) is 0.142. The summed E-state index contributed by atoms with van der Waals surface area (Å²) in [7, 11) is 0. The Balaban J connectivity index is 2.78. The highest BCUT2D eigenvalue weighted by Crippen LogP contribution is 2.06. The van der Waals surface area contributed by atoms with Crippen molar-refractivity contribution in [3.05, 3.63) is 35.4 Å². The molecule has 0 heterocycles. The van der Waals surface area contributed by atoms with Crippen molar-refractivity contribution >= 4 is 12.1 Å². The molecule has 0 aromatic heterocycles. The molecule has 0 saturated carbocycles. The van der Waals surface area contributed by atoms with Crippen LogP contribution >= 0.6 is 0 Å². The molecule has 0 aliphatic rings. The van der Waals surface area contributed by atoms with Gasteiger partial charge in [0.05, 0.1) is 0 Å². The summed E-state index contributed by atoms with van der Waals surface area (Å²) < 4.78 is 0. The molecule has 0 aliphatic carbocycles. The number of hydrogen-bond acceptors (Lipinski definition) is 2. The maximum absolute atomic E-state index is 10.8. The zero-order valence-corrected chi connectivity index (χ0v) is 7.62. The zero-order chi connectivity index (χ0) is 9.68. The first-order chi connectivity index (χ1) is 6.22. The molecule has 2 nitrogen and oxygen atoms in total. The maximum atomic E-state index is 10.8. The minimum absolute atomic E-state index is 0.142. The first-order valence-electron chi connectivity index (χ1n) is 4.23. The van der Waals surface area contributed by atoms with Crippen LogP contribution in [0.25, 0.3) is 0 Å². The SMILES string of the molecule is CC(=O)Cc1cccc(CC=O)c1. The molecule has 0 N–H and O–H groups in total. The molecule has 0 radical (unpaired) electrons. The van der Waals surface area contributed by atoms with E-state index in [1.807, 2.05) is 24.3 Å². The number of carbonyl (C=O) groups excluding carboxylic acids is 2. The summed E-state index contributed by atoms with van der Waals surface area (Å²) in [5, 5.41) is 0. The van der Waals surface area contributed by atoms with Gasteiger partial charge in [0.1, 0.15) is 12.1 Å². The lowest BCUT2D eigenvalue weighted by Crippen LogP contribution is -1.97. The third-order valence-corrected chi connectivity index (χ3v) is 1.76. The standard InChI is InChI=1S/C11H12O2/c1-9(13)7-11-4-2-3-10(8-11)5-6-12/h2-4,6,8H,5,7H2,1H3. The largest absolute Gasteiger partial charge is 0.303 e. The summed E-state index contributed by atoms with van der Waals surface area (Å²) in [4.78, 5) is 21.1. The summed E-state index contributed by atoms with van der Waals surface area (Å²) in [6, 6.07) is 7.56.